The highest BCUT2D eigenvalue weighted by molar-refractivity contribution is 8.18. The lowest BCUT2D eigenvalue weighted by molar-refractivity contribution is -0.136. The van der Waals surface area contributed by atoms with Gasteiger partial charge in [-0.05, 0) is 48.0 Å². The van der Waals surface area contributed by atoms with Crippen LogP contribution >= 0.6 is 11.8 Å². The molecular formula is C22H18N4O3S. The van der Waals surface area contributed by atoms with E-state index < -0.39 is 5.97 Å². The van der Waals surface area contributed by atoms with Crippen molar-refractivity contribution in [3.63, 3.8) is 0 Å². The number of rotatable bonds is 5. The number of aliphatic imine (C=N–C) groups is 1. The number of carboxylic acids is 1. The molecule has 0 aliphatic carbocycles. The highest BCUT2D eigenvalue weighted by Crippen LogP contribution is 2.37. The summed E-state index contributed by atoms with van der Waals surface area (Å²) in [6.45, 7) is 1.91. The number of amidine groups is 1. The number of aromatic nitrogens is 2. The topological polar surface area (TPSA) is 107 Å². The van der Waals surface area contributed by atoms with Crippen LogP contribution in [0.1, 0.15) is 22.5 Å². The van der Waals surface area contributed by atoms with E-state index >= 15 is 0 Å². The average molecular weight is 418 g/mol. The van der Waals surface area contributed by atoms with E-state index in [2.05, 4.69) is 20.5 Å². The Balaban J connectivity index is 1.61. The number of anilines is 1. The molecule has 0 fully saturated rings. The van der Waals surface area contributed by atoms with Crippen molar-refractivity contribution in [2.24, 2.45) is 4.99 Å². The number of hydrogen-bond donors (Lipinski definition) is 3. The Labute approximate surface area is 176 Å². The first-order chi connectivity index (χ1) is 14.5. The Hall–Kier alpha value is -3.65. The maximum Gasteiger partial charge on any atom is 0.307 e. The number of aromatic amines is 1. The van der Waals surface area contributed by atoms with Gasteiger partial charge in [-0.3, -0.25) is 14.7 Å². The molecule has 1 amide bonds. The molecule has 0 unspecified atom stereocenters. The number of aliphatic carboxylic acids is 1. The Morgan fingerprint density at radius 2 is 1.87 bits per heavy atom. The van der Waals surface area contributed by atoms with Crippen molar-refractivity contribution >= 4 is 40.1 Å². The van der Waals surface area contributed by atoms with Crippen LogP contribution in [0.2, 0.25) is 0 Å². The third-order valence-electron chi connectivity index (χ3n) is 4.41. The quantitative estimate of drug-likeness (QED) is 0.544. The second kappa shape index (κ2) is 8.38. The summed E-state index contributed by atoms with van der Waals surface area (Å²) in [5.41, 5.74) is 4.62. The molecule has 8 heteroatoms. The van der Waals surface area contributed by atoms with Gasteiger partial charge in [-0.25, -0.2) is 0 Å². The molecule has 1 aliphatic heterocycles. The van der Waals surface area contributed by atoms with Crippen LogP contribution in [-0.4, -0.2) is 32.3 Å². The normalized spacial score (nSPS) is 15.1. The molecule has 4 rings (SSSR count). The molecule has 0 spiro atoms. The molecule has 1 aromatic heterocycles. The van der Waals surface area contributed by atoms with Gasteiger partial charge in [-0.2, -0.15) is 10.1 Å². The highest BCUT2D eigenvalue weighted by atomic mass is 32.2. The molecule has 0 saturated carbocycles. The lowest BCUT2D eigenvalue weighted by atomic mass is 10.0. The summed E-state index contributed by atoms with van der Waals surface area (Å²) in [5, 5.41) is 19.7. The molecule has 150 valence electrons. The number of carbonyl (C=O) groups is 2. The largest absolute Gasteiger partial charge is 0.481 e. The van der Waals surface area contributed by atoms with Gasteiger partial charge in [-0.15, -0.1) is 0 Å². The summed E-state index contributed by atoms with van der Waals surface area (Å²) in [4.78, 5) is 28.2. The summed E-state index contributed by atoms with van der Waals surface area (Å²) in [7, 11) is 0. The number of nitrogens with zero attached hydrogens (tertiary/aromatic N) is 2. The van der Waals surface area contributed by atoms with E-state index in [-0.39, 0.29) is 12.3 Å². The molecule has 2 aromatic carbocycles. The van der Waals surface area contributed by atoms with E-state index in [1.54, 1.807) is 24.3 Å². The van der Waals surface area contributed by atoms with Gasteiger partial charge in [0.15, 0.2) is 5.17 Å². The smallest absolute Gasteiger partial charge is 0.307 e. The fourth-order valence-electron chi connectivity index (χ4n) is 3.07. The first-order valence-corrected chi connectivity index (χ1v) is 10.0. The van der Waals surface area contributed by atoms with Crippen molar-refractivity contribution in [1.82, 2.24) is 10.2 Å². The fraction of sp³-hybridized carbons (Fsp3) is 0.0909. The second-order valence-electron chi connectivity index (χ2n) is 6.72. The van der Waals surface area contributed by atoms with Crippen molar-refractivity contribution in [3.05, 3.63) is 88.1 Å². The molecule has 3 N–H and O–H groups in total. The van der Waals surface area contributed by atoms with Crippen molar-refractivity contribution in [2.75, 3.05) is 5.32 Å². The first kappa shape index (κ1) is 19.7. The average Bonchev–Trinajstić information content (AvgIpc) is 3.30. The van der Waals surface area contributed by atoms with Gasteiger partial charge in [0.25, 0.3) is 5.91 Å². The maximum absolute atomic E-state index is 12.7. The van der Waals surface area contributed by atoms with E-state index in [1.165, 1.54) is 11.8 Å². The number of benzene rings is 2. The van der Waals surface area contributed by atoms with Gasteiger partial charge >= 0.3 is 5.97 Å². The molecule has 30 heavy (non-hydrogen) atoms. The van der Waals surface area contributed by atoms with Gasteiger partial charge < -0.3 is 10.4 Å². The summed E-state index contributed by atoms with van der Waals surface area (Å²) >= 11 is 1.26. The van der Waals surface area contributed by atoms with Crippen LogP contribution in [0, 0.1) is 6.92 Å². The molecule has 3 aromatic rings. The Bertz CT molecular complexity index is 1160. The molecule has 1 aliphatic rings. The number of nitrogens with one attached hydrogen (secondary N) is 2. The van der Waals surface area contributed by atoms with E-state index in [9.17, 15) is 9.59 Å². The van der Waals surface area contributed by atoms with Crippen molar-refractivity contribution in [2.45, 2.75) is 13.3 Å². The summed E-state index contributed by atoms with van der Waals surface area (Å²) in [6, 6.07) is 18.5. The van der Waals surface area contributed by atoms with E-state index in [1.807, 2.05) is 43.3 Å². The van der Waals surface area contributed by atoms with Crippen LogP contribution in [0.3, 0.4) is 0 Å². The van der Waals surface area contributed by atoms with Crippen LogP contribution in [0.15, 0.2) is 70.6 Å². The third-order valence-corrected chi connectivity index (χ3v) is 5.38. The van der Waals surface area contributed by atoms with Crippen LogP contribution in [-0.2, 0) is 16.0 Å². The zero-order valence-electron chi connectivity index (χ0n) is 16.0. The minimum Gasteiger partial charge on any atom is -0.481 e. The van der Waals surface area contributed by atoms with Crippen molar-refractivity contribution in [1.29, 1.82) is 0 Å². The number of thioether (sulfide) groups is 1. The molecular weight excluding hydrogens is 400 g/mol. The van der Waals surface area contributed by atoms with Crippen LogP contribution in [0.25, 0.3) is 5.57 Å². The number of carbonyl (C=O) groups excluding carboxylic acids is 1. The lowest BCUT2D eigenvalue weighted by Crippen LogP contribution is -2.05. The van der Waals surface area contributed by atoms with E-state index in [0.717, 1.165) is 22.5 Å². The first-order valence-electron chi connectivity index (χ1n) is 9.20. The molecule has 0 bridgehead atoms. The molecule has 0 atom stereocenters. The van der Waals surface area contributed by atoms with Crippen LogP contribution in [0.5, 0.6) is 0 Å². The van der Waals surface area contributed by atoms with Crippen molar-refractivity contribution in [3.8, 4) is 0 Å². The zero-order valence-corrected chi connectivity index (χ0v) is 16.9. The minimum absolute atomic E-state index is 0.0368. The molecule has 7 nitrogen and oxygen atoms in total. The predicted octanol–water partition coefficient (Wildman–Crippen LogP) is 3.85. The van der Waals surface area contributed by atoms with Gasteiger partial charge in [0, 0.05) is 17.0 Å². The van der Waals surface area contributed by atoms with Gasteiger partial charge in [0.05, 0.1) is 17.0 Å². The van der Waals surface area contributed by atoms with Crippen LogP contribution in [0.4, 0.5) is 5.69 Å². The highest BCUT2D eigenvalue weighted by Gasteiger charge is 2.28. The number of aryl methyl sites for hydroxylation is 1. The fourth-order valence-corrected chi connectivity index (χ4v) is 4.02. The van der Waals surface area contributed by atoms with Gasteiger partial charge in [0.2, 0.25) is 0 Å². The number of amides is 1. The number of H-pyrrole nitrogens is 1. The van der Waals surface area contributed by atoms with Crippen LogP contribution < -0.4 is 5.32 Å². The van der Waals surface area contributed by atoms with Gasteiger partial charge in [0.1, 0.15) is 0 Å². The lowest BCUT2D eigenvalue weighted by Gasteiger charge is -2.09. The summed E-state index contributed by atoms with van der Waals surface area (Å²) in [5.74, 6) is -1.21. The standard InChI is InChI=1S/C22H18N4O3S/c1-13-11-17(26-25-13)19(15-5-3-2-4-6-15)20-21(29)24-22(30-20)23-16-9-7-14(8-10-16)12-18(27)28/h2-11H,12H2,1H3,(H,25,26)(H,27,28)(H,23,24,29). The Kier molecular flexibility index (Phi) is 5.49. The maximum atomic E-state index is 12.7. The van der Waals surface area contributed by atoms with E-state index in [4.69, 9.17) is 5.11 Å². The minimum atomic E-state index is -0.881. The predicted molar refractivity (Wildman–Crippen MR) is 117 cm³/mol. The van der Waals surface area contributed by atoms with Gasteiger partial charge in [-0.1, -0.05) is 42.5 Å². The van der Waals surface area contributed by atoms with Crippen molar-refractivity contribution < 1.29 is 14.7 Å². The zero-order chi connectivity index (χ0) is 21.1. The molecule has 0 radical (unpaired) electrons. The summed E-state index contributed by atoms with van der Waals surface area (Å²) in [6.07, 6.45) is -0.0368. The monoisotopic (exact) mass is 418 g/mol. The van der Waals surface area contributed by atoms with E-state index in [0.29, 0.717) is 21.3 Å². The third kappa shape index (κ3) is 4.33. The number of carboxylic acid groups (broad SMARTS) is 1. The molecule has 2 heterocycles. The molecule has 0 saturated heterocycles. The Morgan fingerprint density at radius 3 is 2.50 bits per heavy atom. The number of hydrogen-bond acceptors (Lipinski definition) is 5. The Morgan fingerprint density at radius 1 is 1.13 bits per heavy atom. The second-order valence-corrected chi connectivity index (χ2v) is 7.72. The summed E-state index contributed by atoms with van der Waals surface area (Å²) < 4.78 is 0. The SMILES string of the molecule is Cc1cc(C(=C2SC(Nc3ccc(CC(=O)O)cc3)=NC2=O)c2ccccc2)n[nH]1.